The van der Waals surface area contributed by atoms with Crippen LogP contribution in [-0.2, 0) is 13.5 Å². The van der Waals surface area contributed by atoms with Gasteiger partial charge >= 0.3 is 0 Å². The molecule has 17 heavy (non-hydrogen) atoms. The Kier molecular flexibility index (Phi) is 3.76. The predicted octanol–water partition coefficient (Wildman–Crippen LogP) is 1.90. The van der Waals surface area contributed by atoms with Crippen LogP contribution in [0.4, 0.5) is 0 Å². The van der Waals surface area contributed by atoms with Crippen LogP contribution >= 0.6 is 11.6 Å². The van der Waals surface area contributed by atoms with Crippen LogP contribution in [0, 0.1) is 0 Å². The van der Waals surface area contributed by atoms with Gasteiger partial charge in [-0.05, 0) is 19.2 Å². The first kappa shape index (κ1) is 12.1. The molecule has 2 rings (SSSR count). The molecule has 0 atom stereocenters. The summed E-state index contributed by atoms with van der Waals surface area (Å²) in [6.45, 7) is 0.886. The molecular formula is C12H15ClN4. The van der Waals surface area contributed by atoms with E-state index in [2.05, 4.69) is 15.3 Å². The lowest BCUT2D eigenvalue weighted by Crippen LogP contribution is -2.13. The van der Waals surface area contributed by atoms with Gasteiger partial charge in [-0.1, -0.05) is 11.6 Å². The number of aromatic nitrogens is 3. The van der Waals surface area contributed by atoms with Crippen molar-refractivity contribution >= 4 is 11.6 Å². The molecule has 90 valence electrons. The van der Waals surface area contributed by atoms with Crippen LogP contribution < -0.4 is 5.32 Å². The molecule has 0 bridgehead atoms. The molecule has 0 spiro atoms. The summed E-state index contributed by atoms with van der Waals surface area (Å²) in [4.78, 5) is 8.57. The summed E-state index contributed by atoms with van der Waals surface area (Å²) in [7, 11) is 3.86. The molecule has 0 aliphatic carbocycles. The van der Waals surface area contributed by atoms with E-state index in [4.69, 9.17) is 11.6 Å². The maximum absolute atomic E-state index is 6.29. The van der Waals surface area contributed by atoms with Crippen LogP contribution in [0.3, 0.4) is 0 Å². The second-order valence-electron chi connectivity index (χ2n) is 3.82. The Bertz CT molecular complexity index is 493. The number of likely N-dealkylation sites (N-methyl/N-ethyl adjacent to an activating group) is 1. The maximum Gasteiger partial charge on any atom is 0.136 e. The van der Waals surface area contributed by atoms with E-state index in [-0.39, 0.29) is 0 Å². The average Bonchev–Trinajstić information content (AvgIpc) is 2.65. The first-order valence-corrected chi connectivity index (χ1v) is 5.88. The van der Waals surface area contributed by atoms with Gasteiger partial charge in [0.1, 0.15) is 16.7 Å². The van der Waals surface area contributed by atoms with E-state index in [1.54, 1.807) is 12.4 Å². The lowest BCUT2D eigenvalue weighted by molar-refractivity contribution is 0.718. The molecule has 0 saturated carbocycles. The molecule has 0 amide bonds. The summed E-state index contributed by atoms with van der Waals surface area (Å²) >= 11 is 6.29. The van der Waals surface area contributed by atoms with Crippen molar-refractivity contribution in [1.82, 2.24) is 19.9 Å². The lowest BCUT2D eigenvalue weighted by Gasteiger charge is -2.00. The molecule has 0 saturated heterocycles. The summed E-state index contributed by atoms with van der Waals surface area (Å²) < 4.78 is 1.93. The maximum atomic E-state index is 6.29. The van der Waals surface area contributed by atoms with Crippen LogP contribution in [0.5, 0.6) is 0 Å². The molecule has 5 heteroatoms. The molecule has 0 aliphatic heterocycles. The number of imidazole rings is 1. The predicted molar refractivity (Wildman–Crippen MR) is 69.1 cm³/mol. The minimum atomic E-state index is 0.669. The Morgan fingerprint density at radius 2 is 2.06 bits per heavy atom. The van der Waals surface area contributed by atoms with Crippen molar-refractivity contribution in [3.8, 4) is 11.3 Å². The highest BCUT2D eigenvalue weighted by Crippen LogP contribution is 2.27. The zero-order chi connectivity index (χ0) is 12.3. The van der Waals surface area contributed by atoms with Crippen LogP contribution in [0.25, 0.3) is 11.3 Å². The quantitative estimate of drug-likeness (QED) is 0.901. The third-order valence-electron chi connectivity index (χ3n) is 2.67. The highest BCUT2D eigenvalue weighted by molar-refractivity contribution is 6.32. The topological polar surface area (TPSA) is 42.7 Å². The third kappa shape index (κ3) is 2.48. The van der Waals surface area contributed by atoms with Crippen molar-refractivity contribution in [2.45, 2.75) is 6.42 Å². The van der Waals surface area contributed by atoms with Gasteiger partial charge in [0, 0.05) is 38.0 Å². The van der Waals surface area contributed by atoms with Crippen LogP contribution in [0.15, 0.2) is 24.5 Å². The summed E-state index contributed by atoms with van der Waals surface area (Å²) in [5.74, 6) is 0.983. The highest BCUT2D eigenvalue weighted by atomic mass is 35.5. The number of nitrogens with one attached hydrogen (secondary N) is 1. The Balaban J connectivity index is 2.36. The highest BCUT2D eigenvalue weighted by Gasteiger charge is 2.13. The van der Waals surface area contributed by atoms with Gasteiger partial charge in [-0.15, -0.1) is 0 Å². The second-order valence-corrected chi connectivity index (χ2v) is 4.17. The van der Waals surface area contributed by atoms with Crippen molar-refractivity contribution in [3.63, 3.8) is 0 Å². The van der Waals surface area contributed by atoms with E-state index in [9.17, 15) is 0 Å². The SMILES string of the molecule is CNCCc1nc(-c2ccncc2)c(Cl)n1C. The lowest BCUT2D eigenvalue weighted by atomic mass is 10.2. The minimum Gasteiger partial charge on any atom is -0.322 e. The molecule has 2 aromatic heterocycles. The van der Waals surface area contributed by atoms with Gasteiger partial charge in [0.2, 0.25) is 0 Å². The smallest absolute Gasteiger partial charge is 0.136 e. The second kappa shape index (κ2) is 5.29. The Hall–Kier alpha value is -1.39. The van der Waals surface area contributed by atoms with E-state index < -0.39 is 0 Å². The van der Waals surface area contributed by atoms with Crippen molar-refractivity contribution in [2.75, 3.05) is 13.6 Å². The average molecular weight is 251 g/mol. The summed E-state index contributed by atoms with van der Waals surface area (Å²) in [6, 6.07) is 3.83. The minimum absolute atomic E-state index is 0.669. The number of pyridine rings is 1. The molecule has 0 radical (unpaired) electrons. The van der Waals surface area contributed by atoms with Gasteiger partial charge in [0.25, 0.3) is 0 Å². The molecule has 0 unspecified atom stereocenters. The summed E-state index contributed by atoms with van der Waals surface area (Å²) in [5.41, 5.74) is 1.82. The molecule has 1 N–H and O–H groups in total. The van der Waals surface area contributed by atoms with Gasteiger partial charge in [-0.2, -0.15) is 0 Å². The number of hydrogen-bond acceptors (Lipinski definition) is 3. The van der Waals surface area contributed by atoms with Crippen molar-refractivity contribution in [2.24, 2.45) is 7.05 Å². The normalized spacial score (nSPS) is 10.8. The third-order valence-corrected chi connectivity index (χ3v) is 3.10. The summed E-state index contributed by atoms with van der Waals surface area (Å²) in [5, 5.41) is 3.77. The van der Waals surface area contributed by atoms with Crippen molar-refractivity contribution < 1.29 is 0 Å². The Morgan fingerprint density at radius 1 is 1.35 bits per heavy atom. The van der Waals surface area contributed by atoms with E-state index in [0.29, 0.717) is 5.15 Å². The molecule has 0 aliphatic rings. The monoisotopic (exact) mass is 250 g/mol. The zero-order valence-corrected chi connectivity index (χ0v) is 10.7. The van der Waals surface area contributed by atoms with E-state index in [1.807, 2.05) is 30.8 Å². The first-order chi connectivity index (χ1) is 8.24. The molecule has 0 aromatic carbocycles. The fourth-order valence-electron chi connectivity index (χ4n) is 1.68. The molecule has 2 aromatic rings. The fourth-order valence-corrected chi connectivity index (χ4v) is 1.93. The van der Waals surface area contributed by atoms with E-state index in [0.717, 1.165) is 30.0 Å². The number of halogens is 1. The molecule has 4 nitrogen and oxygen atoms in total. The number of nitrogens with zero attached hydrogens (tertiary/aromatic N) is 3. The molecule has 0 fully saturated rings. The summed E-state index contributed by atoms with van der Waals surface area (Å²) in [6.07, 6.45) is 4.35. The van der Waals surface area contributed by atoms with Gasteiger partial charge < -0.3 is 9.88 Å². The van der Waals surface area contributed by atoms with Crippen LogP contribution in [-0.4, -0.2) is 28.1 Å². The molecular weight excluding hydrogens is 236 g/mol. The van der Waals surface area contributed by atoms with Gasteiger partial charge in [-0.3, -0.25) is 4.98 Å². The standard InChI is InChI=1S/C12H15ClN4/c1-14-6-5-10-16-11(12(13)17(10)2)9-3-7-15-8-4-9/h3-4,7-8,14H,5-6H2,1-2H3. The van der Waals surface area contributed by atoms with Crippen LogP contribution in [0.1, 0.15) is 5.82 Å². The van der Waals surface area contributed by atoms with Gasteiger partial charge in [0.05, 0.1) is 0 Å². The van der Waals surface area contributed by atoms with Gasteiger partial charge in [0.15, 0.2) is 0 Å². The Labute approximate surface area is 106 Å². The van der Waals surface area contributed by atoms with Crippen molar-refractivity contribution in [1.29, 1.82) is 0 Å². The number of rotatable bonds is 4. The Morgan fingerprint density at radius 3 is 2.71 bits per heavy atom. The van der Waals surface area contributed by atoms with Crippen LogP contribution in [0.2, 0.25) is 5.15 Å². The van der Waals surface area contributed by atoms with E-state index >= 15 is 0 Å². The number of hydrogen-bond donors (Lipinski definition) is 1. The first-order valence-electron chi connectivity index (χ1n) is 5.50. The van der Waals surface area contributed by atoms with Gasteiger partial charge in [-0.25, -0.2) is 4.98 Å². The van der Waals surface area contributed by atoms with Crippen molar-refractivity contribution in [3.05, 3.63) is 35.5 Å². The molecule has 2 heterocycles. The fraction of sp³-hybridized carbons (Fsp3) is 0.333. The zero-order valence-electron chi connectivity index (χ0n) is 9.94. The van der Waals surface area contributed by atoms with E-state index in [1.165, 1.54) is 0 Å². The largest absolute Gasteiger partial charge is 0.322 e.